The summed E-state index contributed by atoms with van der Waals surface area (Å²) in [5.41, 5.74) is 1.33. The summed E-state index contributed by atoms with van der Waals surface area (Å²) in [4.78, 5) is 34.8. The molecule has 0 N–H and O–H groups in total. The summed E-state index contributed by atoms with van der Waals surface area (Å²) in [6.45, 7) is 13.3. The fourth-order valence-corrected chi connectivity index (χ4v) is 7.44. The lowest BCUT2D eigenvalue weighted by atomic mass is 10.1. The highest BCUT2D eigenvalue weighted by Gasteiger charge is 2.48. The van der Waals surface area contributed by atoms with Gasteiger partial charge >= 0.3 is 0 Å². The summed E-state index contributed by atoms with van der Waals surface area (Å²) in [6.07, 6.45) is 9.65. The number of thioether (sulfide) groups is 1. The third-order valence-electron chi connectivity index (χ3n) is 9.15. The van der Waals surface area contributed by atoms with Crippen LogP contribution in [0.3, 0.4) is 0 Å². The van der Waals surface area contributed by atoms with Gasteiger partial charge in [0.05, 0.1) is 18.0 Å². The number of carbonyl (C=O) groups excluding carboxylic acids is 1. The molecule has 6 rings (SSSR count). The number of hydrogen-bond donors (Lipinski definition) is 0. The van der Waals surface area contributed by atoms with Crippen LogP contribution in [0.2, 0.25) is 0 Å². The summed E-state index contributed by atoms with van der Waals surface area (Å²) in [5.74, 6) is 3.88. The average molecular weight is 644 g/mol. The van der Waals surface area contributed by atoms with Gasteiger partial charge in [-0.05, 0) is 43.4 Å². The highest BCUT2D eigenvalue weighted by atomic mass is 32.2. The van der Waals surface area contributed by atoms with Crippen molar-refractivity contribution in [2.45, 2.75) is 58.2 Å². The van der Waals surface area contributed by atoms with Gasteiger partial charge in [0.2, 0.25) is 5.91 Å². The number of allylic oxidation sites excluding steroid dienone is 1. The van der Waals surface area contributed by atoms with Gasteiger partial charge in [0.1, 0.15) is 17.1 Å². The summed E-state index contributed by atoms with van der Waals surface area (Å²) >= 11 is 1.94. The second kappa shape index (κ2) is 16.5. The van der Waals surface area contributed by atoms with Gasteiger partial charge in [-0.25, -0.2) is 0 Å². The van der Waals surface area contributed by atoms with Crippen LogP contribution in [0.5, 0.6) is 5.75 Å². The molecular formula is C38H49N3O4S. The number of ether oxygens (including phenoxy) is 1. The number of nitrogens with zero attached hydrogens (tertiary/aromatic N) is 3. The molecule has 246 valence electrons. The number of rotatable bonds is 13. The third kappa shape index (κ3) is 8.71. The Hall–Kier alpha value is -3.36. The Morgan fingerprint density at radius 1 is 1.07 bits per heavy atom. The van der Waals surface area contributed by atoms with Crippen LogP contribution in [-0.4, -0.2) is 78.3 Å². The fourth-order valence-electron chi connectivity index (χ4n) is 6.38. The van der Waals surface area contributed by atoms with Crippen molar-refractivity contribution in [3.8, 4) is 17.1 Å². The van der Waals surface area contributed by atoms with Crippen LogP contribution in [0.15, 0.2) is 81.0 Å². The van der Waals surface area contributed by atoms with Crippen molar-refractivity contribution < 1.29 is 13.9 Å². The monoisotopic (exact) mass is 643 g/mol. The van der Waals surface area contributed by atoms with E-state index in [1.807, 2.05) is 68.2 Å². The van der Waals surface area contributed by atoms with Gasteiger partial charge in [-0.1, -0.05) is 64.1 Å². The Kier molecular flexibility index (Phi) is 12.2. The first-order valence-corrected chi connectivity index (χ1v) is 18.1. The predicted octanol–water partition coefficient (Wildman–Crippen LogP) is 7.19. The van der Waals surface area contributed by atoms with Gasteiger partial charge in [0.15, 0.2) is 5.43 Å². The molecule has 1 aliphatic carbocycles. The second-order valence-electron chi connectivity index (χ2n) is 12.4. The topological polar surface area (TPSA) is 75.3 Å². The molecule has 2 aromatic carbocycles. The molecule has 3 aromatic rings. The van der Waals surface area contributed by atoms with Crippen LogP contribution in [-0.2, 0) is 4.79 Å². The number of piperazine rings is 1. The number of amides is 1. The lowest BCUT2D eigenvalue weighted by molar-refractivity contribution is -0.136. The molecule has 0 bridgehead atoms. The van der Waals surface area contributed by atoms with Crippen molar-refractivity contribution in [2.75, 3.05) is 45.1 Å². The molecule has 1 saturated heterocycles. The maximum absolute atomic E-state index is 13.1. The molecule has 4 unspecified atom stereocenters. The number of fused-ring (bicyclic) bond motifs is 2. The molecule has 1 saturated carbocycles. The van der Waals surface area contributed by atoms with Crippen molar-refractivity contribution in [3.63, 3.8) is 0 Å². The van der Waals surface area contributed by atoms with Gasteiger partial charge in [-0.15, -0.1) is 0 Å². The Morgan fingerprint density at radius 2 is 1.85 bits per heavy atom. The molecule has 2 aliphatic heterocycles. The van der Waals surface area contributed by atoms with Gasteiger partial charge < -0.3 is 14.1 Å². The molecule has 46 heavy (non-hydrogen) atoms. The van der Waals surface area contributed by atoms with Crippen LogP contribution < -0.4 is 10.2 Å². The van der Waals surface area contributed by atoms with E-state index in [2.05, 4.69) is 40.8 Å². The van der Waals surface area contributed by atoms with E-state index in [0.717, 1.165) is 56.4 Å². The van der Waals surface area contributed by atoms with E-state index in [9.17, 15) is 9.59 Å². The smallest absolute Gasteiger partial charge is 0.226 e. The summed E-state index contributed by atoms with van der Waals surface area (Å²) in [5, 5.41) is 1.12. The van der Waals surface area contributed by atoms with Crippen LogP contribution in [0.25, 0.3) is 22.3 Å². The van der Waals surface area contributed by atoms with Gasteiger partial charge in [-0.3, -0.25) is 19.5 Å². The molecule has 7 nitrogen and oxygen atoms in total. The summed E-state index contributed by atoms with van der Waals surface area (Å²) < 4.78 is 12.1. The number of hydrogen-bond acceptors (Lipinski definition) is 7. The Labute approximate surface area is 278 Å². The van der Waals surface area contributed by atoms with E-state index in [-0.39, 0.29) is 11.3 Å². The largest absolute Gasteiger partial charge is 0.493 e. The first-order valence-electron chi connectivity index (χ1n) is 17.0. The van der Waals surface area contributed by atoms with Crippen molar-refractivity contribution in [2.24, 2.45) is 22.7 Å². The normalized spacial score (nSPS) is 21.7. The summed E-state index contributed by atoms with van der Waals surface area (Å²) in [7, 11) is 0. The molecule has 5 atom stereocenters. The highest BCUT2D eigenvalue weighted by molar-refractivity contribution is 7.99. The standard InChI is InChI=1S/C36H43N3O4S.C2H6/c1-25(24-44-26(2)11-13-30-29-10-6-15-37-35(29)30)36(41)39-19-17-38(18-20-39)16-7-21-42-28-12-14-31-32(40)23-33(43-34(31)22-28)27-8-4-3-5-9-27;1-2/h3-6,8-10,12,14-15,22-23,25-26,29-30,35H,7,11,13,16-21,24H2,1-2H3;1-2H3/t25-,26?,29?,30?,35?;/m0./s1. The first kappa shape index (κ1) is 34.0. The molecule has 0 spiro atoms. The van der Waals surface area contributed by atoms with Crippen LogP contribution in [0, 0.1) is 17.8 Å². The van der Waals surface area contributed by atoms with E-state index >= 15 is 0 Å². The number of carbonyl (C=O) groups is 1. The minimum absolute atomic E-state index is 0.0496. The lowest BCUT2D eigenvalue weighted by Crippen LogP contribution is -2.50. The molecule has 8 heteroatoms. The predicted molar refractivity (Wildman–Crippen MR) is 191 cm³/mol. The molecular weight excluding hydrogens is 595 g/mol. The Balaban J connectivity index is 0.00000204. The van der Waals surface area contributed by atoms with Crippen LogP contribution in [0.4, 0.5) is 0 Å². The Morgan fingerprint density at radius 3 is 2.59 bits per heavy atom. The zero-order valence-electron chi connectivity index (χ0n) is 27.8. The van der Waals surface area contributed by atoms with Crippen LogP contribution in [0.1, 0.15) is 47.0 Å². The minimum atomic E-state index is -0.0630. The maximum atomic E-state index is 13.1. The quantitative estimate of drug-likeness (QED) is 0.184. The SMILES string of the molecule is CC.CC(CCC1C2C=CC=NC21)SC[C@H](C)C(=O)N1CCN(CCCOc2ccc3c(=O)cc(-c4ccccc4)oc3c2)CC1. The maximum Gasteiger partial charge on any atom is 0.226 e. The average Bonchev–Trinajstić information content (AvgIpc) is 3.82. The zero-order chi connectivity index (χ0) is 32.5. The molecule has 3 heterocycles. The Bertz CT molecular complexity index is 1530. The first-order chi connectivity index (χ1) is 22.5. The molecule has 3 aliphatic rings. The number of benzene rings is 2. The van der Waals surface area contributed by atoms with E-state index in [0.29, 0.717) is 52.2 Å². The van der Waals surface area contributed by atoms with E-state index in [1.54, 1.807) is 18.2 Å². The van der Waals surface area contributed by atoms with Gasteiger partial charge in [0.25, 0.3) is 0 Å². The molecule has 1 aromatic heterocycles. The lowest BCUT2D eigenvalue weighted by Gasteiger charge is -2.36. The number of dihydropyridines is 1. The number of aliphatic imine (C=N–C) groups is 1. The van der Waals surface area contributed by atoms with Gasteiger partial charge in [0, 0.05) is 79.5 Å². The van der Waals surface area contributed by atoms with Crippen molar-refractivity contribution in [1.82, 2.24) is 9.80 Å². The van der Waals surface area contributed by atoms with Gasteiger partial charge in [-0.2, -0.15) is 11.8 Å². The van der Waals surface area contributed by atoms with E-state index in [1.165, 1.54) is 12.8 Å². The molecule has 0 radical (unpaired) electrons. The van der Waals surface area contributed by atoms with E-state index in [4.69, 9.17) is 9.15 Å². The molecule has 1 amide bonds. The fraction of sp³-hybridized carbons (Fsp3) is 0.500. The molecule has 2 fully saturated rings. The van der Waals surface area contributed by atoms with E-state index < -0.39 is 0 Å². The summed E-state index contributed by atoms with van der Waals surface area (Å²) in [6, 6.07) is 17.1. The van der Waals surface area contributed by atoms with Crippen molar-refractivity contribution in [3.05, 3.63) is 77.0 Å². The van der Waals surface area contributed by atoms with Crippen LogP contribution >= 0.6 is 11.8 Å². The minimum Gasteiger partial charge on any atom is -0.493 e. The highest BCUT2D eigenvalue weighted by Crippen LogP contribution is 2.48. The third-order valence-corrected chi connectivity index (χ3v) is 10.7. The second-order valence-corrected chi connectivity index (χ2v) is 13.9. The van der Waals surface area contributed by atoms with Crippen molar-refractivity contribution >= 4 is 34.9 Å². The van der Waals surface area contributed by atoms with Crippen molar-refractivity contribution in [1.29, 1.82) is 0 Å². The zero-order valence-corrected chi connectivity index (χ0v) is 28.6.